The van der Waals surface area contributed by atoms with Crippen LogP contribution in [0.4, 0.5) is 0 Å². The molecule has 1 saturated carbocycles. The number of benzene rings is 1. The molecule has 1 aromatic rings. The summed E-state index contributed by atoms with van der Waals surface area (Å²) in [5, 5.41) is 19.3. The molecule has 2 rings (SSSR count). The van der Waals surface area contributed by atoms with Crippen molar-refractivity contribution in [1.29, 1.82) is 0 Å². The minimum Gasteiger partial charge on any atom is -0.504 e. The second-order valence-electron chi connectivity index (χ2n) is 4.36. The molecule has 0 unspecified atom stereocenters. The molecule has 0 atom stereocenters. The van der Waals surface area contributed by atoms with Crippen molar-refractivity contribution in [2.75, 3.05) is 6.54 Å². The van der Waals surface area contributed by atoms with Crippen molar-refractivity contribution >= 4 is 0 Å². The summed E-state index contributed by atoms with van der Waals surface area (Å²) in [5.74, 6) is -0.0444. The van der Waals surface area contributed by atoms with Gasteiger partial charge in [-0.05, 0) is 18.9 Å². The Bertz CT molecular complexity index is 357. The number of phenolic OH excluding ortho intramolecular Hbond substituents is 2. The second kappa shape index (κ2) is 3.74. The van der Waals surface area contributed by atoms with Gasteiger partial charge in [0.25, 0.3) is 0 Å². The van der Waals surface area contributed by atoms with E-state index in [9.17, 15) is 10.2 Å². The first kappa shape index (κ1) is 10.3. The molecule has 4 N–H and O–H groups in total. The van der Waals surface area contributed by atoms with E-state index in [4.69, 9.17) is 5.73 Å². The van der Waals surface area contributed by atoms with Gasteiger partial charge in [0.2, 0.25) is 0 Å². The summed E-state index contributed by atoms with van der Waals surface area (Å²) in [6.45, 7) is 0.532. The van der Waals surface area contributed by atoms with E-state index >= 15 is 0 Å². The van der Waals surface area contributed by atoms with Crippen molar-refractivity contribution in [2.45, 2.75) is 31.1 Å². The highest BCUT2D eigenvalue weighted by Crippen LogP contribution is 2.45. The maximum atomic E-state index is 9.85. The van der Waals surface area contributed by atoms with E-state index < -0.39 is 0 Å². The van der Waals surface area contributed by atoms with Gasteiger partial charge in [-0.15, -0.1) is 0 Å². The molecule has 1 aliphatic carbocycles. The quantitative estimate of drug-likeness (QED) is 0.648. The zero-order chi connectivity index (χ0) is 10.9. The lowest BCUT2D eigenvalue weighted by Crippen LogP contribution is -2.32. The van der Waals surface area contributed by atoms with Crippen molar-refractivity contribution in [1.82, 2.24) is 0 Å². The number of aromatic hydroxyl groups is 2. The van der Waals surface area contributed by atoms with Crippen LogP contribution < -0.4 is 5.73 Å². The van der Waals surface area contributed by atoms with E-state index in [1.54, 1.807) is 6.07 Å². The molecular weight excluding hydrogens is 190 g/mol. The van der Waals surface area contributed by atoms with Crippen molar-refractivity contribution in [3.63, 3.8) is 0 Å². The van der Waals surface area contributed by atoms with E-state index in [0.29, 0.717) is 6.54 Å². The molecule has 0 aliphatic heterocycles. The van der Waals surface area contributed by atoms with E-state index in [2.05, 4.69) is 0 Å². The van der Waals surface area contributed by atoms with E-state index in [1.165, 1.54) is 6.07 Å². The van der Waals surface area contributed by atoms with Crippen LogP contribution in [-0.4, -0.2) is 16.8 Å². The Hall–Kier alpha value is -1.22. The van der Waals surface area contributed by atoms with Gasteiger partial charge in [-0.25, -0.2) is 0 Å². The van der Waals surface area contributed by atoms with Gasteiger partial charge in [-0.3, -0.25) is 0 Å². The Labute approximate surface area is 89.5 Å². The van der Waals surface area contributed by atoms with Gasteiger partial charge in [-0.1, -0.05) is 25.0 Å². The maximum Gasteiger partial charge on any atom is 0.161 e. The van der Waals surface area contributed by atoms with Crippen LogP contribution >= 0.6 is 0 Å². The lowest BCUT2D eigenvalue weighted by atomic mass is 9.78. The largest absolute Gasteiger partial charge is 0.504 e. The molecule has 82 valence electrons. The summed E-state index contributed by atoms with van der Waals surface area (Å²) in [6, 6.07) is 5.13. The highest BCUT2D eigenvalue weighted by atomic mass is 16.3. The van der Waals surface area contributed by atoms with Crippen LogP contribution in [0.3, 0.4) is 0 Å². The molecule has 1 aromatic carbocycles. The smallest absolute Gasteiger partial charge is 0.161 e. The Morgan fingerprint density at radius 2 is 1.87 bits per heavy atom. The fourth-order valence-electron chi connectivity index (χ4n) is 2.59. The second-order valence-corrected chi connectivity index (χ2v) is 4.36. The first-order valence-electron chi connectivity index (χ1n) is 5.41. The lowest BCUT2D eigenvalue weighted by Gasteiger charge is -2.28. The Kier molecular flexibility index (Phi) is 2.57. The summed E-state index contributed by atoms with van der Waals surface area (Å²) in [4.78, 5) is 0. The predicted molar refractivity (Wildman–Crippen MR) is 59.0 cm³/mol. The van der Waals surface area contributed by atoms with Crippen LogP contribution in [0, 0.1) is 0 Å². The highest BCUT2D eigenvalue weighted by molar-refractivity contribution is 5.48. The maximum absolute atomic E-state index is 9.85. The normalized spacial score (nSPS) is 19.3. The molecule has 0 saturated heterocycles. The summed E-state index contributed by atoms with van der Waals surface area (Å²) in [5.41, 5.74) is 6.51. The van der Waals surface area contributed by atoms with Crippen molar-refractivity contribution in [3.8, 4) is 11.5 Å². The number of hydrogen-bond donors (Lipinski definition) is 3. The topological polar surface area (TPSA) is 66.5 Å². The molecule has 0 radical (unpaired) electrons. The van der Waals surface area contributed by atoms with Gasteiger partial charge in [-0.2, -0.15) is 0 Å². The number of para-hydroxylation sites is 1. The predicted octanol–water partition coefficient (Wildman–Crippen LogP) is 1.87. The zero-order valence-electron chi connectivity index (χ0n) is 8.74. The highest BCUT2D eigenvalue weighted by Gasteiger charge is 2.36. The molecule has 0 amide bonds. The van der Waals surface area contributed by atoms with Crippen LogP contribution in [-0.2, 0) is 5.41 Å². The molecule has 1 aliphatic rings. The number of nitrogens with two attached hydrogens (primary N) is 1. The van der Waals surface area contributed by atoms with Gasteiger partial charge < -0.3 is 15.9 Å². The third-order valence-electron chi connectivity index (χ3n) is 3.54. The van der Waals surface area contributed by atoms with Crippen molar-refractivity contribution in [2.24, 2.45) is 5.73 Å². The summed E-state index contributed by atoms with van der Waals surface area (Å²) in [6.07, 6.45) is 4.29. The van der Waals surface area contributed by atoms with Gasteiger partial charge in [0.1, 0.15) is 0 Å². The Morgan fingerprint density at radius 1 is 1.20 bits per heavy atom. The molecule has 15 heavy (non-hydrogen) atoms. The fraction of sp³-hybridized carbons (Fsp3) is 0.500. The number of hydrogen-bond acceptors (Lipinski definition) is 3. The first-order chi connectivity index (χ1) is 7.19. The van der Waals surface area contributed by atoms with Crippen molar-refractivity contribution in [3.05, 3.63) is 23.8 Å². The molecule has 0 heterocycles. The third-order valence-corrected chi connectivity index (χ3v) is 3.54. The monoisotopic (exact) mass is 207 g/mol. The van der Waals surface area contributed by atoms with Gasteiger partial charge >= 0.3 is 0 Å². The third kappa shape index (κ3) is 1.57. The van der Waals surface area contributed by atoms with Crippen LogP contribution in [0.1, 0.15) is 31.2 Å². The Morgan fingerprint density at radius 3 is 2.47 bits per heavy atom. The molecule has 0 spiro atoms. The zero-order valence-corrected chi connectivity index (χ0v) is 8.74. The van der Waals surface area contributed by atoms with E-state index in [-0.39, 0.29) is 16.9 Å². The van der Waals surface area contributed by atoms with Crippen molar-refractivity contribution < 1.29 is 10.2 Å². The summed E-state index contributed by atoms with van der Waals surface area (Å²) in [7, 11) is 0. The van der Waals surface area contributed by atoms with E-state index in [0.717, 1.165) is 31.2 Å². The van der Waals surface area contributed by atoms with Crippen LogP contribution in [0.2, 0.25) is 0 Å². The Balaban J connectivity index is 2.47. The summed E-state index contributed by atoms with van der Waals surface area (Å²) >= 11 is 0. The standard InChI is InChI=1S/C12H17NO2/c13-8-12(6-1-2-7-12)9-4-3-5-10(14)11(9)15/h3-5,14-15H,1-2,6-8,13H2. The molecular formula is C12H17NO2. The molecule has 3 heteroatoms. The first-order valence-corrected chi connectivity index (χ1v) is 5.41. The molecule has 1 fully saturated rings. The van der Waals surface area contributed by atoms with Gasteiger partial charge in [0, 0.05) is 17.5 Å². The number of phenols is 2. The van der Waals surface area contributed by atoms with Crippen LogP contribution in [0.5, 0.6) is 11.5 Å². The molecule has 0 bridgehead atoms. The average Bonchev–Trinajstić information content (AvgIpc) is 2.72. The van der Waals surface area contributed by atoms with Gasteiger partial charge in [0.15, 0.2) is 11.5 Å². The summed E-state index contributed by atoms with van der Waals surface area (Å²) < 4.78 is 0. The number of rotatable bonds is 2. The van der Waals surface area contributed by atoms with Crippen LogP contribution in [0.15, 0.2) is 18.2 Å². The van der Waals surface area contributed by atoms with Gasteiger partial charge in [0.05, 0.1) is 0 Å². The fourth-order valence-corrected chi connectivity index (χ4v) is 2.59. The average molecular weight is 207 g/mol. The van der Waals surface area contributed by atoms with E-state index in [1.807, 2.05) is 6.07 Å². The van der Waals surface area contributed by atoms with Crippen LogP contribution in [0.25, 0.3) is 0 Å². The SMILES string of the molecule is NCC1(c2cccc(O)c2O)CCCC1. The molecule has 3 nitrogen and oxygen atoms in total. The minimum absolute atomic E-state index is 0.00449. The molecule has 0 aromatic heterocycles. The lowest BCUT2D eigenvalue weighted by molar-refractivity contribution is 0.372. The minimum atomic E-state index is -0.122.